The van der Waals surface area contributed by atoms with Crippen molar-refractivity contribution in [3.8, 4) is 5.75 Å². The van der Waals surface area contributed by atoms with Crippen molar-refractivity contribution in [2.45, 2.75) is 29.9 Å². The number of halogens is 1. The number of amides is 1. The van der Waals surface area contributed by atoms with Crippen LogP contribution in [0.5, 0.6) is 5.75 Å². The number of nitrogens with one attached hydrogen (secondary N) is 1. The summed E-state index contributed by atoms with van der Waals surface area (Å²) in [6, 6.07) is 12.9. The molecule has 31 heavy (non-hydrogen) atoms. The van der Waals surface area contributed by atoms with Crippen LogP contribution in [0.25, 0.3) is 0 Å². The van der Waals surface area contributed by atoms with Gasteiger partial charge in [0, 0.05) is 18.8 Å². The maximum atomic E-state index is 13.5. The van der Waals surface area contributed by atoms with Crippen LogP contribution < -0.4 is 10.1 Å². The Morgan fingerprint density at radius 3 is 2.48 bits per heavy atom. The number of thioether (sulfide) groups is 1. The molecule has 0 radical (unpaired) electrons. The van der Waals surface area contributed by atoms with Crippen molar-refractivity contribution in [3.05, 3.63) is 59.9 Å². The lowest BCUT2D eigenvalue weighted by Crippen LogP contribution is -2.35. The third kappa shape index (κ3) is 6.95. The smallest absolute Gasteiger partial charge is 0.243 e. The highest BCUT2D eigenvalue weighted by molar-refractivity contribution is 7.99. The van der Waals surface area contributed by atoms with E-state index in [9.17, 15) is 17.6 Å². The second-order valence-electron chi connectivity index (χ2n) is 7.22. The summed E-state index contributed by atoms with van der Waals surface area (Å²) in [4.78, 5) is 12.1. The Hall–Kier alpha value is -2.10. The van der Waals surface area contributed by atoms with Crippen molar-refractivity contribution in [2.24, 2.45) is 0 Å². The average molecular weight is 467 g/mol. The molecule has 0 aromatic heterocycles. The highest BCUT2D eigenvalue weighted by Gasteiger charge is 2.25. The first-order valence-electron chi connectivity index (χ1n) is 10.3. The molecule has 1 N–H and O–H groups in total. The zero-order chi connectivity index (χ0) is 22.1. The first-order chi connectivity index (χ1) is 15.0. The third-order valence-corrected chi connectivity index (χ3v) is 7.81. The lowest BCUT2D eigenvalue weighted by molar-refractivity contribution is -0.118. The normalized spacial score (nSPS) is 14.9. The van der Waals surface area contributed by atoms with Gasteiger partial charge in [0.1, 0.15) is 18.2 Å². The Labute approximate surface area is 187 Å². The fourth-order valence-corrected chi connectivity index (χ4v) is 5.60. The molecule has 0 atom stereocenters. The van der Waals surface area contributed by atoms with Crippen molar-refractivity contribution >= 4 is 27.7 Å². The molecule has 1 fully saturated rings. The van der Waals surface area contributed by atoms with E-state index in [0.717, 1.165) is 19.3 Å². The zero-order valence-electron chi connectivity index (χ0n) is 17.3. The number of benzene rings is 2. The number of carbonyl (C=O) groups excluding carboxylic acids is 1. The van der Waals surface area contributed by atoms with E-state index < -0.39 is 10.0 Å². The first-order valence-corrected chi connectivity index (χ1v) is 12.9. The SMILES string of the molecule is O=C(CSCc1ccccc1F)NCCOc1ccc(S(=O)(=O)N2CCCCC2)cc1. The van der Waals surface area contributed by atoms with E-state index in [-0.39, 0.29) is 29.0 Å². The molecule has 0 aliphatic carbocycles. The molecule has 0 spiro atoms. The number of hydrogen-bond acceptors (Lipinski definition) is 5. The quantitative estimate of drug-likeness (QED) is 0.543. The zero-order valence-corrected chi connectivity index (χ0v) is 18.9. The number of carbonyl (C=O) groups is 1. The van der Waals surface area contributed by atoms with Gasteiger partial charge in [-0.15, -0.1) is 11.8 Å². The maximum absolute atomic E-state index is 13.5. The van der Waals surface area contributed by atoms with Gasteiger partial charge in [0.25, 0.3) is 0 Å². The number of rotatable bonds is 10. The van der Waals surface area contributed by atoms with Crippen LogP contribution in [-0.2, 0) is 20.6 Å². The fourth-order valence-electron chi connectivity index (χ4n) is 3.24. The van der Waals surface area contributed by atoms with E-state index >= 15 is 0 Å². The van der Waals surface area contributed by atoms with Crippen LogP contribution in [0.2, 0.25) is 0 Å². The van der Waals surface area contributed by atoms with Gasteiger partial charge in [-0.25, -0.2) is 12.8 Å². The fraction of sp³-hybridized carbons (Fsp3) is 0.409. The molecule has 3 rings (SSSR count). The monoisotopic (exact) mass is 466 g/mol. The maximum Gasteiger partial charge on any atom is 0.243 e. The van der Waals surface area contributed by atoms with Crippen LogP contribution in [0.4, 0.5) is 4.39 Å². The van der Waals surface area contributed by atoms with Crippen LogP contribution in [0.15, 0.2) is 53.4 Å². The molecule has 2 aromatic carbocycles. The average Bonchev–Trinajstić information content (AvgIpc) is 2.79. The van der Waals surface area contributed by atoms with E-state index in [4.69, 9.17) is 4.74 Å². The Morgan fingerprint density at radius 1 is 1.06 bits per heavy atom. The molecule has 168 valence electrons. The minimum atomic E-state index is -3.45. The summed E-state index contributed by atoms with van der Waals surface area (Å²) in [7, 11) is -3.45. The molecule has 6 nitrogen and oxygen atoms in total. The molecule has 9 heteroatoms. The highest BCUT2D eigenvalue weighted by atomic mass is 32.2. The van der Waals surface area contributed by atoms with Crippen LogP contribution in [0, 0.1) is 5.82 Å². The summed E-state index contributed by atoms with van der Waals surface area (Å²) in [5, 5.41) is 2.75. The second kappa shape index (κ2) is 11.5. The number of sulfonamides is 1. The predicted molar refractivity (Wildman–Crippen MR) is 120 cm³/mol. The van der Waals surface area contributed by atoms with Crippen LogP contribution in [-0.4, -0.2) is 50.6 Å². The van der Waals surface area contributed by atoms with Crippen molar-refractivity contribution < 1.29 is 22.3 Å². The van der Waals surface area contributed by atoms with E-state index in [1.54, 1.807) is 42.5 Å². The van der Waals surface area contributed by atoms with Gasteiger partial charge < -0.3 is 10.1 Å². The Kier molecular flexibility index (Phi) is 8.74. The number of ether oxygens (including phenoxy) is 1. The summed E-state index contributed by atoms with van der Waals surface area (Å²) in [5.74, 6) is 0.799. The van der Waals surface area contributed by atoms with Gasteiger partial charge in [0.2, 0.25) is 15.9 Å². The Balaban J connectivity index is 1.36. The summed E-state index contributed by atoms with van der Waals surface area (Å²) in [5.41, 5.74) is 0.578. The molecule has 0 saturated carbocycles. The van der Waals surface area contributed by atoms with Gasteiger partial charge in [-0.3, -0.25) is 4.79 Å². The van der Waals surface area contributed by atoms with Gasteiger partial charge in [-0.2, -0.15) is 4.31 Å². The molecule has 0 bridgehead atoms. The van der Waals surface area contributed by atoms with Gasteiger partial charge in [-0.05, 0) is 48.7 Å². The van der Waals surface area contributed by atoms with Crippen LogP contribution in [0.1, 0.15) is 24.8 Å². The molecule has 1 saturated heterocycles. The highest BCUT2D eigenvalue weighted by Crippen LogP contribution is 2.22. The van der Waals surface area contributed by atoms with Crippen molar-refractivity contribution in [2.75, 3.05) is 32.0 Å². The molecular formula is C22H27FN2O4S2. The van der Waals surface area contributed by atoms with E-state index in [0.29, 0.717) is 36.7 Å². The van der Waals surface area contributed by atoms with Gasteiger partial charge in [0.15, 0.2) is 0 Å². The second-order valence-corrected chi connectivity index (χ2v) is 10.1. The van der Waals surface area contributed by atoms with Crippen molar-refractivity contribution in [1.82, 2.24) is 9.62 Å². The Bertz CT molecular complexity index is 962. The minimum absolute atomic E-state index is 0.145. The third-order valence-electron chi connectivity index (χ3n) is 4.92. The van der Waals surface area contributed by atoms with E-state index in [2.05, 4.69) is 5.32 Å². The number of hydrogen-bond donors (Lipinski definition) is 1. The van der Waals surface area contributed by atoms with Crippen molar-refractivity contribution in [1.29, 1.82) is 0 Å². The first kappa shape index (κ1) is 23.6. The largest absolute Gasteiger partial charge is 0.492 e. The summed E-state index contributed by atoms with van der Waals surface area (Å²) < 4.78 is 45.9. The molecule has 1 aliphatic rings. The summed E-state index contributed by atoms with van der Waals surface area (Å²) >= 11 is 1.34. The van der Waals surface area contributed by atoms with Crippen molar-refractivity contribution in [3.63, 3.8) is 0 Å². The molecule has 1 heterocycles. The molecular weight excluding hydrogens is 439 g/mol. The number of nitrogens with zero attached hydrogens (tertiary/aromatic N) is 1. The van der Waals surface area contributed by atoms with Gasteiger partial charge in [-0.1, -0.05) is 24.6 Å². The molecule has 1 aliphatic heterocycles. The topological polar surface area (TPSA) is 75.7 Å². The van der Waals surface area contributed by atoms with Gasteiger partial charge >= 0.3 is 0 Å². The lowest BCUT2D eigenvalue weighted by atomic mass is 10.2. The molecule has 1 amide bonds. The Morgan fingerprint density at radius 2 is 1.77 bits per heavy atom. The van der Waals surface area contributed by atoms with Gasteiger partial charge in [0.05, 0.1) is 17.2 Å². The predicted octanol–water partition coefficient (Wildman–Crippen LogP) is 3.43. The van der Waals surface area contributed by atoms with E-state index in [1.165, 1.54) is 22.1 Å². The lowest BCUT2D eigenvalue weighted by Gasteiger charge is -2.25. The molecule has 0 unspecified atom stereocenters. The summed E-state index contributed by atoms with van der Waals surface area (Å²) in [6.45, 7) is 1.73. The minimum Gasteiger partial charge on any atom is -0.492 e. The van der Waals surface area contributed by atoms with Crippen LogP contribution >= 0.6 is 11.8 Å². The molecule has 2 aromatic rings. The number of piperidine rings is 1. The van der Waals surface area contributed by atoms with Crippen LogP contribution in [0.3, 0.4) is 0 Å². The summed E-state index contributed by atoms with van der Waals surface area (Å²) in [6.07, 6.45) is 2.86. The van der Waals surface area contributed by atoms with E-state index in [1.807, 2.05) is 0 Å². The standard InChI is InChI=1S/C22H27FN2O4S2/c23-21-7-3-2-6-18(21)16-30-17-22(26)24-12-15-29-19-8-10-20(11-9-19)31(27,28)25-13-4-1-5-14-25/h2-3,6-11H,1,4-5,12-17H2,(H,24,26).